The number of esters is 1. The number of carbonyl (C=O) groups excluding carboxylic acids is 1. The van der Waals surface area contributed by atoms with Gasteiger partial charge in [-0.2, -0.15) is 0 Å². The van der Waals surface area contributed by atoms with Gasteiger partial charge in [-0.15, -0.1) is 0 Å². The standard InChI is InChI=1S/C15H19NO4/c1-4-5-6-14(15(17)20-3)11(2)12-7-9-13(10-8-12)16(18)19/h7-10H,4-6H2,1-3H3/b14-11-. The lowest BCUT2D eigenvalue weighted by molar-refractivity contribution is -0.384. The first-order valence-corrected chi connectivity index (χ1v) is 6.54. The summed E-state index contributed by atoms with van der Waals surface area (Å²) in [6.07, 6.45) is 2.52. The molecule has 0 N–H and O–H groups in total. The zero-order chi connectivity index (χ0) is 15.1. The molecule has 0 unspecified atom stereocenters. The number of nitrogens with zero attached hydrogens (tertiary/aromatic N) is 1. The van der Waals surface area contributed by atoms with Gasteiger partial charge in [-0.3, -0.25) is 10.1 Å². The second-order valence-corrected chi connectivity index (χ2v) is 4.50. The van der Waals surface area contributed by atoms with Crippen LogP contribution in [-0.4, -0.2) is 18.0 Å². The molecule has 0 aliphatic heterocycles. The average molecular weight is 277 g/mol. The van der Waals surface area contributed by atoms with Gasteiger partial charge in [0, 0.05) is 17.7 Å². The molecule has 0 atom stereocenters. The maximum absolute atomic E-state index is 11.8. The second kappa shape index (κ2) is 7.43. The SMILES string of the molecule is CCCC/C(C(=O)OC)=C(\C)c1ccc([N+](=O)[O-])cc1. The smallest absolute Gasteiger partial charge is 0.334 e. The minimum Gasteiger partial charge on any atom is -0.466 e. The Morgan fingerprint density at radius 3 is 2.35 bits per heavy atom. The van der Waals surface area contributed by atoms with Crippen LogP contribution in [0.3, 0.4) is 0 Å². The van der Waals surface area contributed by atoms with Gasteiger partial charge < -0.3 is 4.74 Å². The Balaban J connectivity index is 3.12. The molecular formula is C15H19NO4. The highest BCUT2D eigenvalue weighted by Gasteiger charge is 2.14. The fourth-order valence-electron chi connectivity index (χ4n) is 1.93. The van der Waals surface area contributed by atoms with Crippen LogP contribution in [0.2, 0.25) is 0 Å². The summed E-state index contributed by atoms with van der Waals surface area (Å²) in [5.74, 6) is -0.339. The van der Waals surface area contributed by atoms with Gasteiger partial charge in [0.05, 0.1) is 12.0 Å². The van der Waals surface area contributed by atoms with Crippen molar-refractivity contribution >= 4 is 17.2 Å². The molecule has 0 saturated heterocycles. The first-order chi connectivity index (χ1) is 9.51. The molecule has 1 aromatic rings. The summed E-state index contributed by atoms with van der Waals surface area (Å²) in [5.41, 5.74) is 2.27. The second-order valence-electron chi connectivity index (χ2n) is 4.50. The number of ether oxygens (including phenoxy) is 1. The molecule has 5 nitrogen and oxygen atoms in total. The fourth-order valence-corrected chi connectivity index (χ4v) is 1.93. The van der Waals surface area contributed by atoms with Crippen LogP contribution >= 0.6 is 0 Å². The Labute approximate surface area is 118 Å². The van der Waals surface area contributed by atoms with Crippen LogP contribution in [0.25, 0.3) is 5.57 Å². The zero-order valence-electron chi connectivity index (χ0n) is 12.0. The molecule has 0 saturated carbocycles. The molecule has 0 radical (unpaired) electrons. The van der Waals surface area contributed by atoms with Gasteiger partial charge in [0.25, 0.3) is 5.69 Å². The van der Waals surface area contributed by atoms with Crippen molar-refractivity contribution in [2.24, 2.45) is 0 Å². The van der Waals surface area contributed by atoms with Crippen LogP contribution in [0.5, 0.6) is 0 Å². The molecular weight excluding hydrogens is 258 g/mol. The average Bonchev–Trinajstić information content (AvgIpc) is 2.47. The fraction of sp³-hybridized carbons (Fsp3) is 0.400. The number of nitro benzene ring substituents is 1. The highest BCUT2D eigenvalue weighted by atomic mass is 16.6. The molecule has 5 heteroatoms. The predicted molar refractivity (Wildman–Crippen MR) is 77.2 cm³/mol. The van der Waals surface area contributed by atoms with E-state index < -0.39 is 4.92 Å². The largest absolute Gasteiger partial charge is 0.466 e. The van der Waals surface area contributed by atoms with E-state index in [9.17, 15) is 14.9 Å². The topological polar surface area (TPSA) is 69.4 Å². The maximum Gasteiger partial charge on any atom is 0.334 e. The van der Waals surface area contributed by atoms with Gasteiger partial charge in [-0.1, -0.05) is 13.3 Å². The van der Waals surface area contributed by atoms with E-state index in [1.54, 1.807) is 12.1 Å². The summed E-state index contributed by atoms with van der Waals surface area (Å²) in [6.45, 7) is 3.89. The zero-order valence-corrected chi connectivity index (χ0v) is 12.0. The number of hydrogen-bond donors (Lipinski definition) is 0. The van der Waals surface area contributed by atoms with Crippen molar-refractivity contribution in [2.45, 2.75) is 33.1 Å². The van der Waals surface area contributed by atoms with Gasteiger partial charge in [-0.25, -0.2) is 4.79 Å². The van der Waals surface area contributed by atoms with Crippen LogP contribution in [0.1, 0.15) is 38.7 Å². The van der Waals surface area contributed by atoms with E-state index in [0.29, 0.717) is 12.0 Å². The predicted octanol–water partition coefficient (Wildman–Crippen LogP) is 3.73. The maximum atomic E-state index is 11.8. The molecule has 0 aliphatic rings. The van der Waals surface area contributed by atoms with Gasteiger partial charge in [0.1, 0.15) is 0 Å². The van der Waals surface area contributed by atoms with Crippen molar-refractivity contribution < 1.29 is 14.5 Å². The van der Waals surface area contributed by atoms with Crippen LogP contribution in [0.15, 0.2) is 29.8 Å². The summed E-state index contributed by atoms with van der Waals surface area (Å²) in [7, 11) is 1.36. The quantitative estimate of drug-likeness (QED) is 0.344. The van der Waals surface area contributed by atoms with Crippen molar-refractivity contribution in [1.29, 1.82) is 0 Å². The molecule has 0 fully saturated rings. The number of carbonyl (C=O) groups is 1. The minimum absolute atomic E-state index is 0.0368. The van der Waals surface area contributed by atoms with E-state index in [1.807, 2.05) is 6.92 Å². The third kappa shape index (κ3) is 3.91. The first-order valence-electron chi connectivity index (χ1n) is 6.54. The molecule has 0 amide bonds. The molecule has 0 spiro atoms. The van der Waals surface area contributed by atoms with Crippen molar-refractivity contribution in [3.05, 3.63) is 45.5 Å². The highest BCUT2D eigenvalue weighted by molar-refractivity contribution is 5.97. The summed E-state index contributed by atoms with van der Waals surface area (Å²) in [4.78, 5) is 22.0. The van der Waals surface area contributed by atoms with Gasteiger partial charge in [0.15, 0.2) is 0 Å². The Kier molecular flexibility index (Phi) is 5.90. The van der Waals surface area contributed by atoms with Crippen molar-refractivity contribution in [3.8, 4) is 0 Å². The Bertz CT molecular complexity index is 517. The summed E-state index contributed by atoms with van der Waals surface area (Å²) in [6, 6.07) is 6.19. The van der Waals surface area contributed by atoms with E-state index >= 15 is 0 Å². The Morgan fingerprint density at radius 2 is 1.90 bits per heavy atom. The number of rotatable bonds is 6. The number of hydrogen-bond acceptors (Lipinski definition) is 4. The van der Waals surface area contributed by atoms with E-state index in [4.69, 9.17) is 4.74 Å². The highest BCUT2D eigenvalue weighted by Crippen LogP contribution is 2.24. The number of non-ortho nitro benzene ring substituents is 1. The van der Waals surface area contributed by atoms with Crippen LogP contribution < -0.4 is 0 Å². The molecule has 20 heavy (non-hydrogen) atoms. The lowest BCUT2D eigenvalue weighted by atomic mass is 9.97. The Morgan fingerprint density at radius 1 is 1.30 bits per heavy atom. The third-order valence-corrected chi connectivity index (χ3v) is 3.18. The van der Waals surface area contributed by atoms with E-state index in [-0.39, 0.29) is 11.7 Å². The summed E-state index contributed by atoms with van der Waals surface area (Å²) < 4.78 is 4.81. The lowest BCUT2D eigenvalue weighted by Crippen LogP contribution is -2.07. The molecule has 1 rings (SSSR count). The van der Waals surface area contributed by atoms with Crippen molar-refractivity contribution in [1.82, 2.24) is 0 Å². The number of benzene rings is 1. The molecule has 1 aromatic carbocycles. The van der Waals surface area contributed by atoms with Crippen LogP contribution in [0.4, 0.5) is 5.69 Å². The lowest BCUT2D eigenvalue weighted by Gasteiger charge is -2.10. The molecule has 0 aliphatic carbocycles. The molecule has 0 bridgehead atoms. The van der Waals surface area contributed by atoms with E-state index in [2.05, 4.69) is 6.92 Å². The third-order valence-electron chi connectivity index (χ3n) is 3.18. The van der Waals surface area contributed by atoms with Crippen molar-refractivity contribution in [2.75, 3.05) is 7.11 Å². The van der Waals surface area contributed by atoms with Gasteiger partial charge >= 0.3 is 5.97 Å². The summed E-state index contributed by atoms with van der Waals surface area (Å²) in [5, 5.41) is 10.6. The van der Waals surface area contributed by atoms with Gasteiger partial charge in [-0.05, 0) is 43.0 Å². The van der Waals surface area contributed by atoms with Crippen LogP contribution in [-0.2, 0) is 9.53 Å². The van der Waals surface area contributed by atoms with Gasteiger partial charge in [0.2, 0.25) is 0 Å². The molecule has 108 valence electrons. The monoisotopic (exact) mass is 277 g/mol. The first kappa shape index (κ1) is 15.9. The number of nitro groups is 1. The normalized spacial score (nSPS) is 11.8. The summed E-state index contributed by atoms with van der Waals surface area (Å²) >= 11 is 0. The Hall–Kier alpha value is -2.17. The van der Waals surface area contributed by atoms with Crippen molar-refractivity contribution in [3.63, 3.8) is 0 Å². The minimum atomic E-state index is -0.443. The van der Waals surface area contributed by atoms with Crippen LogP contribution in [0, 0.1) is 10.1 Å². The number of allylic oxidation sites excluding steroid dienone is 1. The molecule has 0 heterocycles. The number of unbranched alkanes of at least 4 members (excludes halogenated alkanes) is 1. The van der Waals surface area contributed by atoms with E-state index in [1.165, 1.54) is 19.2 Å². The van der Waals surface area contributed by atoms with E-state index in [0.717, 1.165) is 24.0 Å². The molecule has 0 aromatic heterocycles. The number of methoxy groups -OCH3 is 1.